The number of ether oxygens (including phenoxy) is 1. The minimum atomic E-state index is -0.227. The Labute approximate surface area is 86.0 Å². The molecule has 0 aliphatic heterocycles. The largest absolute Gasteiger partial charge is 0.374 e. The summed E-state index contributed by atoms with van der Waals surface area (Å²) in [6.45, 7) is 4.16. The molecule has 0 aliphatic rings. The van der Waals surface area contributed by atoms with Gasteiger partial charge in [0.1, 0.15) is 5.82 Å². The molecule has 0 heterocycles. The summed E-state index contributed by atoms with van der Waals surface area (Å²) in [7, 11) is 0. The molecular weight excluding hydrogens is 235 g/mol. The van der Waals surface area contributed by atoms with Gasteiger partial charge in [-0.2, -0.15) is 0 Å². The topological polar surface area (TPSA) is 9.23 Å². The Kier molecular flexibility index (Phi) is 3.88. The predicted octanol–water partition coefficient (Wildman–Crippen LogP) is 3.51. The highest BCUT2D eigenvalue weighted by atomic mass is 79.9. The molecule has 0 N–H and O–H groups in total. The molecule has 0 atom stereocenters. The van der Waals surface area contributed by atoms with Crippen LogP contribution >= 0.6 is 15.9 Å². The van der Waals surface area contributed by atoms with Crippen LogP contribution in [-0.2, 0) is 11.3 Å². The SMILES string of the molecule is CC(C)OCc1c(F)cccc1Br. The van der Waals surface area contributed by atoms with E-state index in [1.165, 1.54) is 6.07 Å². The molecule has 0 saturated carbocycles. The predicted molar refractivity (Wildman–Crippen MR) is 54.0 cm³/mol. The van der Waals surface area contributed by atoms with Gasteiger partial charge in [-0.25, -0.2) is 4.39 Å². The van der Waals surface area contributed by atoms with Crippen LogP contribution in [0.25, 0.3) is 0 Å². The van der Waals surface area contributed by atoms with Crippen molar-refractivity contribution in [2.75, 3.05) is 0 Å². The molecule has 1 rings (SSSR count). The second kappa shape index (κ2) is 4.72. The molecule has 0 bridgehead atoms. The first-order chi connectivity index (χ1) is 6.11. The van der Waals surface area contributed by atoms with Crippen LogP contribution in [0.4, 0.5) is 4.39 Å². The molecule has 1 aromatic rings. The van der Waals surface area contributed by atoms with Gasteiger partial charge < -0.3 is 4.74 Å². The summed E-state index contributed by atoms with van der Waals surface area (Å²) in [6.07, 6.45) is 0.117. The van der Waals surface area contributed by atoms with Gasteiger partial charge in [-0.05, 0) is 26.0 Å². The van der Waals surface area contributed by atoms with Crippen molar-refractivity contribution < 1.29 is 9.13 Å². The van der Waals surface area contributed by atoms with Crippen LogP contribution in [0.15, 0.2) is 22.7 Å². The zero-order valence-electron chi connectivity index (χ0n) is 7.68. The number of halogens is 2. The average molecular weight is 247 g/mol. The molecule has 0 amide bonds. The number of rotatable bonds is 3. The van der Waals surface area contributed by atoms with E-state index in [1.54, 1.807) is 6.07 Å². The van der Waals surface area contributed by atoms with Crippen molar-refractivity contribution in [2.45, 2.75) is 26.6 Å². The maximum atomic E-state index is 13.2. The molecule has 0 fully saturated rings. The first kappa shape index (κ1) is 10.7. The van der Waals surface area contributed by atoms with Crippen LogP contribution in [0.3, 0.4) is 0 Å². The van der Waals surface area contributed by atoms with E-state index in [0.717, 1.165) is 4.47 Å². The lowest BCUT2D eigenvalue weighted by molar-refractivity contribution is 0.0635. The molecular formula is C10H12BrFO. The molecule has 0 aliphatic carbocycles. The van der Waals surface area contributed by atoms with E-state index in [-0.39, 0.29) is 11.9 Å². The first-order valence-electron chi connectivity index (χ1n) is 4.15. The Morgan fingerprint density at radius 1 is 1.46 bits per heavy atom. The smallest absolute Gasteiger partial charge is 0.129 e. The van der Waals surface area contributed by atoms with Gasteiger partial charge in [-0.15, -0.1) is 0 Å². The van der Waals surface area contributed by atoms with Crippen LogP contribution < -0.4 is 0 Å². The minimum Gasteiger partial charge on any atom is -0.374 e. The second-order valence-corrected chi connectivity index (χ2v) is 3.91. The van der Waals surface area contributed by atoms with E-state index in [1.807, 2.05) is 19.9 Å². The Balaban J connectivity index is 2.75. The number of benzene rings is 1. The van der Waals surface area contributed by atoms with Crippen molar-refractivity contribution in [3.8, 4) is 0 Å². The molecule has 0 aromatic heterocycles. The number of hydrogen-bond acceptors (Lipinski definition) is 1. The monoisotopic (exact) mass is 246 g/mol. The Morgan fingerprint density at radius 3 is 2.69 bits per heavy atom. The van der Waals surface area contributed by atoms with Gasteiger partial charge >= 0.3 is 0 Å². The van der Waals surface area contributed by atoms with Gasteiger partial charge in [0.05, 0.1) is 12.7 Å². The molecule has 0 unspecified atom stereocenters. The van der Waals surface area contributed by atoms with Gasteiger partial charge in [0, 0.05) is 10.0 Å². The van der Waals surface area contributed by atoms with E-state index < -0.39 is 0 Å². The van der Waals surface area contributed by atoms with Crippen molar-refractivity contribution in [3.63, 3.8) is 0 Å². The van der Waals surface area contributed by atoms with E-state index in [9.17, 15) is 4.39 Å². The molecule has 72 valence electrons. The van der Waals surface area contributed by atoms with E-state index in [4.69, 9.17) is 4.74 Å². The van der Waals surface area contributed by atoms with Crippen LogP contribution in [0.1, 0.15) is 19.4 Å². The molecule has 13 heavy (non-hydrogen) atoms. The summed E-state index contributed by atoms with van der Waals surface area (Å²) in [5.41, 5.74) is 0.580. The third-order valence-corrected chi connectivity index (χ3v) is 2.37. The molecule has 1 nitrogen and oxygen atoms in total. The van der Waals surface area contributed by atoms with Crippen LogP contribution in [0, 0.1) is 5.82 Å². The summed E-state index contributed by atoms with van der Waals surface area (Å²) in [5.74, 6) is -0.227. The van der Waals surface area contributed by atoms with Crippen molar-refractivity contribution in [1.29, 1.82) is 0 Å². The van der Waals surface area contributed by atoms with Gasteiger partial charge in [0.15, 0.2) is 0 Å². The highest BCUT2D eigenvalue weighted by molar-refractivity contribution is 9.10. The van der Waals surface area contributed by atoms with Crippen LogP contribution in [0.2, 0.25) is 0 Å². The van der Waals surface area contributed by atoms with Crippen molar-refractivity contribution in [3.05, 3.63) is 34.1 Å². The maximum Gasteiger partial charge on any atom is 0.129 e. The average Bonchev–Trinajstić information content (AvgIpc) is 2.03. The molecule has 0 radical (unpaired) electrons. The van der Waals surface area contributed by atoms with Crippen molar-refractivity contribution >= 4 is 15.9 Å². The van der Waals surface area contributed by atoms with E-state index in [0.29, 0.717) is 12.2 Å². The number of hydrogen-bond donors (Lipinski definition) is 0. The van der Waals surface area contributed by atoms with Crippen LogP contribution in [-0.4, -0.2) is 6.10 Å². The zero-order chi connectivity index (χ0) is 9.84. The zero-order valence-corrected chi connectivity index (χ0v) is 9.27. The Hall–Kier alpha value is -0.410. The minimum absolute atomic E-state index is 0.117. The molecule has 0 saturated heterocycles. The Morgan fingerprint density at radius 2 is 2.15 bits per heavy atom. The third-order valence-electron chi connectivity index (χ3n) is 1.62. The molecule has 0 spiro atoms. The second-order valence-electron chi connectivity index (χ2n) is 3.06. The van der Waals surface area contributed by atoms with E-state index >= 15 is 0 Å². The summed E-state index contributed by atoms with van der Waals surface area (Å²) >= 11 is 3.28. The highest BCUT2D eigenvalue weighted by Crippen LogP contribution is 2.20. The normalized spacial score (nSPS) is 10.8. The van der Waals surface area contributed by atoms with Gasteiger partial charge in [-0.1, -0.05) is 22.0 Å². The third kappa shape index (κ3) is 3.08. The highest BCUT2D eigenvalue weighted by Gasteiger charge is 2.06. The molecule has 3 heteroatoms. The van der Waals surface area contributed by atoms with Crippen LogP contribution in [0.5, 0.6) is 0 Å². The fraction of sp³-hybridized carbons (Fsp3) is 0.400. The maximum absolute atomic E-state index is 13.2. The summed E-state index contributed by atoms with van der Waals surface area (Å²) < 4.78 is 19.3. The lowest BCUT2D eigenvalue weighted by Gasteiger charge is -2.09. The van der Waals surface area contributed by atoms with Crippen molar-refractivity contribution in [2.24, 2.45) is 0 Å². The first-order valence-corrected chi connectivity index (χ1v) is 4.95. The van der Waals surface area contributed by atoms with E-state index in [2.05, 4.69) is 15.9 Å². The lowest BCUT2D eigenvalue weighted by Crippen LogP contribution is -2.04. The Bertz CT molecular complexity index is 266. The standard InChI is InChI=1S/C10H12BrFO/c1-7(2)13-6-8-9(11)4-3-5-10(8)12/h3-5,7H,6H2,1-2H3. The summed E-state index contributed by atoms with van der Waals surface area (Å²) in [4.78, 5) is 0. The van der Waals surface area contributed by atoms with Crippen molar-refractivity contribution in [1.82, 2.24) is 0 Å². The molecule has 1 aromatic carbocycles. The van der Waals surface area contributed by atoms with Gasteiger partial charge in [0.25, 0.3) is 0 Å². The quantitative estimate of drug-likeness (QED) is 0.794. The van der Waals surface area contributed by atoms with Gasteiger partial charge in [0.2, 0.25) is 0 Å². The lowest BCUT2D eigenvalue weighted by atomic mass is 10.2. The fourth-order valence-electron chi connectivity index (χ4n) is 0.920. The fourth-order valence-corrected chi connectivity index (χ4v) is 1.38. The summed E-state index contributed by atoms with van der Waals surface area (Å²) in [6, 6.07) is 4.91. The summed E-state index contributed by atoms with van der Waals surface area (Å²) in [5, 5.41) is 0. The van der Waals surface area contributed by atoms with Gasteiger partial charge in [-0.3, -0.25) is 0 Å².